The van der Waals surface area contributed by atoms with E-state index in [1.165, 1.54) is 4.88 Å². The Hall–Kier alpha value is -1.65. The third kappa shape index (κ3) is 2.69. The zero-order valence-electron chi connectivity index (χ0n) is 11.0. The number of aromatic nitrogens is 1. The van der Waals surface area contributed by atoms with Crippen LogP contribution in [0.25, 0.3) is 11.0 Å². The highest BCUT2D eigenvalue weighted by atomic mass is 32.1. The number of fused-ring (bicyclic) bond motifs is 1. The average molecular weight is 272 g/mol. The van der Waals surface area contributed by atoms with Gasteiger partial charge in [-0.1, -0.05) is 18.2 Å². The fourth-order valence-electron chi connectivity index (χ4n) is 2.06. The Labute approximate surface area is 116 Å². The van der Waals surface area contributed by atoms with E-state index < -0.39 is 0 Å². The number of hydrogen-bond acceptors (Lipinski definition) is 4. The minimum Gasteiger partial charge on any atom is -0.459 e. The summed E-state index contributed by atoms with van der Waals surface area (Å²) in [6.45, 7) is 4.96. The molecule has 0 fully saturated rings. The average Bonchev–Trinajstić information content (AvgIpc) is 3.01. The number of benzene rings is 1. The predicted octanol–water partition coefficient (Wildman–Crippen LogP) is 4.05. The highest BCUT2D eigenvalue weighted by molar-refractivity contribution is 7.11. The smallest absolute Gasteiger partial charge is 0.134 e. The van der Waals surface area contributed by atoms with Gasteiger partial charge < -0.3 is 9.73 Å². The number of thiazole rings is 1. The molecule has 0 spiro atoms. The first kappa shape index (κ1) is 12.4. The van der Waals surface area contributed by atoms with Gasteiger partial charge in [-0.05, 0) is 26.0 Å². The van der Waals surface area contributed by atoms with Crippen molar-refractivity contribution in [1.82, 2.24) is 10.3 Å². The maximum atomic E-state index is 5.85. The van der Waals surface area contributed by atoms with Crippen LogP contribution in [0.1, 0.15) is 28.6 Å². The molecule has 98 valence electrons. The summed E-state index contributed by atoms with van der Waals surface area (Å²) in [6.07, 6.45) is 1.93. The molecule has 4 heteroatoms. The highest BCUT2D eigenvalue weighted by Crippen LogP contribution is 2.24. The molecule has 1 unspecified atom stereocenters. The van der Waals surface area contributed by atoms with Gasteiger partial charge in [0.25, 0.3) is 0 Å². The topological polar surface area (TPSA) is 38.1 Å². The van der Waals surface area contributed by atoms with Crippen LogP contribution in [0.4, 0.5) is 0 Å². The molecule has 0 amide bonds. The van der Waals surface area contributed by atoms with Crippen molar-refractivity contribution in [2.75, 3.05) is 0 Å². The van der Waals surface area contributed by atoms with E-state index in [0.29, 0.717) is 0 Å². The molecule has 0 aliphatic rings. The molecule has 3 rings (SSSR count). The van der Waals surface area contributed by atoms with Gasteiger partial charge in [0.1, 0.15) is 11.3 Å². The van der Waals surface area contributed by atoms with Gasteiger partial charge in [-0.15, -0.1) is 11.3 Å². The van der Waals surface area contributed by atoms with Crippen molar-refractivity contribution >= 4 is 22.3 Å². The molecule has 1 atom stereocenters. The Kier molecular flexibility index (Phi) is 3.36. The van der Waals surface area contributed by atoms with Crippen LogP contribution in [0.15, 0.2) is 40.9 Å². The lowest BCUT2D eigenvalue weighted by Crippen LogP contribution is -2.16. The molecule has 2 heterocycles. The van der Waals surface area contributed by atoms with E-state index in [0.717, 1.165) is 28.3 Å². The minimum absolute atomic E-state index is 0.190. The van der Waals surface area contributed by atoms with Crippen LogP contribution in [0, 0.1) is 6.92 Å². The zero-order valence-corrected chi connectivity index (χ0v) is 11.8. The maximum Gasteiger partial charge on any atom is 0.134 e. The third-order valence-corrected chi connectivity index (χ3v) is 4.04. The molecule has 0 saturated heterocycles. The molecule has 0 bridgehead atoms. The summed E-state index contributed by atoms with van der Waals surface area (Å²) < 4.78 is 5.85. The molecule has 19 heavy (non-hydrogen) atoms. The van der Waals surface area contributed by atoms with Gasteiger partial charge in [0.05, 0.1) is 11.0 Å². The molecule has 0 aliphatic heterocycles. The van der Waals surface area contributed by atoms with Crippen molar-refractivity contribution in [2.45, 2.75) is 26.4 Å². The number of rotatable bonds is 4. The standard InChI is InChI=1S/C15H16N2OS/c1-10(16-8-13-9-17-11(2)19-13)15-7-12-5-3-4-6-14(12)18-15/h3-7,9-10,16H,8H2,1-2H3. The summed E-state index contributed by atoms with van der Waals surface area (Å²) in [4.78, 5) is 5.51. The largest absolute Gasteiger partial charge is 0.459 e. The first-order valence-corrected chi connectivity index (χ1v) is 7.17. The van der Waals surface area contributed by atoms with E-state index in [1.54, 1.807) is 11.3 Å². The molecule has 1 N–H and O–H groups in total. The Morgan fingerprint density at radius 1 is 1.37 bits per heavy atom. The van der Waals surface area contributed by atoms with Crippen molar-refractivity contribution < 1.29 is 4.42 Å². The van der Waals surface area contributed by atoms with E-state index in [9.17, 15) is 0 Å². The van der Waals surface area contributed by atoms with Crippen molar-refractivity contribution in [3.8, 4) is 0 Å². The second kappa shape index (κ2) is 5.15. The summed E-state index contributed by atoms with van der Waals surface area (Å²) in [5, 5.41) is 5.72. The molecule has 3 nitrogen and oxygen atoms in total. The first-order valence-electron chi connectivity index (χ1n) is 6.35. The van der Waals surface area contributed by atoms with E-state index in [4.69, 9.17) is 4.42 Å². The second-order valence-electron chi connectivity index (χ2n) is 4.63. The van der Waals surface area contributed by atoms with Gasteiger partial charge in [-0.3, -0.25) is 0 Å². The Balaban J connectivity index is 1.71. The molecule has 0 saturated carbocycles. The van der Waals surface area contributed by atoms with Gasteiger partial charge in [0, 0.05) is 23.0 Å². The monoisotopic (exact) mass is 272 g/mol. The lowest BCUT2D eigenvalue weighted by molar-refractivity contribution is 0.452. The Morgan fingerprint density at radius 3 is 2.95 bits per heavy atom. The zero-order chi connectivity index (χ0) is 13.2. The van der Waals surface area contributed by atoms with Crippen LogP contribution in [-0.2, 0) is 6.54 Å². The van der Waals surface area contributed by atoms with Crippen molar-refractivity contribution in [2.24, 2.45) is 0 Å². The summed E-state index contributed by atoms with van der Waals surface area (Å²) in [7, 11) is 0. The van der Waals surface area contributed by atoms with Gasteiger partial charge in [-0.25, -0.2) is 4.98 Å². The van der Waals surface area contributed by atoms with Crippen molar-refractivity contribution in [3.05, 3.63) is 52.2 Å². The van der Waals surface area contributed by atoms with E-state index in [2.05, 4.69) is 29.4 Å². The number of hydrogen-bond donors (Lipinski definition) is 1. The summed E-state index contributed by atoms with van der Waals surface area (Å²) in [6, 6.07) is 10.4. The Bertz CT molecular complexity index is 653. The van der Waals surface area contributed by atoms with Gasteiger partial charge in [0.2, 0.25) is 0 Å². The van der Waals surface area contributed by atoms with Crippen molar-refractivity contribution in [1.29, 1.82) is 0 Å². The summed E-state index contributed by atoms with van der Waals surface area (Å²) in [5.74, 6) is 0.974. The normalized spacial score (nSPS) is 12.9. The van der Waals surface area contributed by atoms with Crippen LogP contribution >= 0.6 is 11.3 Å². The first-order chi connectivity index (χ1) is 9.22. The van der Waals surface area contributed by atoms with Crippen molar-refractivity contribution in [3.63, 3.8) is 0 Å². The molecular formula is C15H16N2OS. The van der Waals surface area contributed by atoms with Crippen LogP contribution in [0.3, 0.4) is 0 Å². The van der Waals surface area contributed by atoms with Crippen LogP contribution in [0.2, 0.25) is 0 Å². The predicted molar refractivity (Wildman–Crippen MR) is 78.3 cm³/mol. The lowest BCUT2D eigenvalue weighted by Gasteiger charge is -2.09. The molecule has 0 aliphatic carbocycles. The quantitative estimate of drug-likeness (QED) is 0.778. The lowest BCUT2D eigenvalue weighted by atomic mass is 10.2. The van der Waals surface area contributed by atoms with E-state index in [1.807, 2.05) is 31.3 Å². The minimum atomic E-state index is 0.190. The number of nitrogens with one attached hydrogen (secondary N) is 1. The second-order valence-corrected chi connectivity index (χ2v) is 5.95. The van der Waals surface area contributed by atoms with Crippen LogP contribution in [-0.4, -0.2) is 4.98 Å². The SMILES string of the molecule is Cc1ncc(CNC(C)c2cc3ccccc3o2)s1. The fraction of sp³-hybridized carbons (Fsp3) is 0.267. The van der Waals surface area contributed by atoms with Crippen LogP contribution < -0.4 is 5.32 Å². The van der Waals surface area contributed by atoms with Gasteiger partial charge in [0.15, 0.2) is 0 Å². The highest BCUT2D eigenvalue weighted by Gasteiger charge is 2.11. The van der Waals surface area contributed by atoms with Gasteiger partial charge >= 0.3 is 0 Å². The molecule has 0 radical (unpaired) electrons. The number of nitrogens with zero attached hydrogens (tertiary/aromatic N) is 1. The molecular weight excluding hydrogens is 256 g/mol. The van der Waals surface area contributed by atoms with Crippen LogP contribution in [0.5, 0.6) is 0 Å². The van der Waals surface area contributed by atoms with E-state index >= 15 is 0 Å². The maximum absolute atomic E-state index is 5.85. The molecule has 2 aromatic heterocycles. The number of para-hydroxylation sites is 1. The molecule has 1 aromatic carbocycles. The summed E-state index contributed by atoms with van der Waals surface area (Å²) >= 11 is 1.73. The Morgan fingerprint density at radius 2 is 2.21 bits per heavy atom. The molecule has 3 aromatic rings. The fourth-order valence-corrected chi connectivity index (χ4v) is 2.80. The van der Waals surface area contributed by atoms with E-state index in [-0.39, 0.29) is 6.04 Å². The number of aryl methyl sites for hydroxylation is 1. The summed E-state index contributed by atoms with van der Waals surface area (Å²) in [5.41, 5.74) is 0.944. The van der Waals surface area contributed by atoms with Gasteiger partial charge in [-0.2, -0.15) is 0 Å². The number of furan rings is 1. The third-order valence-electron chi connectivity index (χ3n) is 3.12.